The quantitative estimate of drug-likeness (QED) is 0.877. The largest absolute Gasteiger partial charge is 0.398 e. The Morgan fingerprint density at radius 1 is 1.22 bits per heavy atom. The molecule has 0 saturated heterocycles. The maximum Gasteiger partial charge on any atom is 0.137 e. The van der Waals surface area contributed by atoms with Gasteiger partial charge in [0.05, 0.1) is 25.9 Å². The van der Waals surface area contributed by atoms with Crippen molar-refractivity contribution in [3.63, 3.8) is 0 Å². The van der Waals surface area contributed by atoms with E-state index in [0.29, 0.717) is 20.8 Å². The van der Waals surface area contributed by atoms with Gasteiger partial charge in [0.25, 0.3) is 0 Å². The molecule has 0 aliphatic carbocycles. The second-order valence-corrected chi connectivity index (χ2v) is 6.05. The van der Waals surface area contributed by atoms with Gasteiger partial charge in [-0.3, -0.25) is 4.21 Å². The Morgan fingerprint density at radius 3 is 2.61 bits per heavy atom. The van der Waals surface area contributed by atoms with Crippen LogP contribution in [-0.2, 0) is 16.6 Å². The Morgan fingerprint density at radius 2 is 1.94 bits per heavy atom. The third-order valence-electron chi connectivity index (χ3n) is 2.45. The fraction of sp³-hybridized carbons (Fsp3) is 0.0769. The molecular formula is C13H11BrFNOS. The van der Waals surface area contributed by atoms with Crippen molar-refractivity contribution in [2.45, 2.75) is 10.6 Å². The van der Waals surface area contributed by atoms with Crippen LogP contribution in [0.25, 0.3) is 0 Å². The van der Waals surface area contributed by atoms with Crippen LogP contribution in [0.4, 0.5) is 10.1 Å². The van der Waals surface area contributed by atoms with Gasteiger partial charge < -0.3 is 5.73 Å². The lowest BCUT2D eigenvalue weighted by Crippen LogP contribution is -2.00. The molecule has 2 aromatic carbocycles. The monoisotopic (exact) mass is 327 g/mol. The molecule has 18 heavy (non-hydrogen) atoms. The van der Waals surface area contributed by atoms with E-state index in [1.165, 1.54) is 6.07 Å². The maximum atomic E-state index is 13.1. The van der Waals surface area contributed by atoms with Crippen molar-refractivity contribution in [3.8, 4) is 0 Å². The van der Waals surface area contributed by atoms with Crippen LogP contribution in [0.3, 0.4) is 0 Å². The van der Waals surface area contributed by atoms with Crippen molar-refractivity contribution < 1.29 is 8.60 Å². The minimum Gasteiger partial charge on any atom is -0.398 e. The van der Waals surface area contributed by atoms with E-state index in [4.69, 9.17) is 5.73 Å². The molecule has 1 unspecified atom stereocenters. The first-order valence-corrected chi connectivity index (χ1v) is 7.36. The summed E-state index contributed by atoms with van der Waals surface area (Å²) in [7, 11) is -1.23. The summed E-state index contributed by atoms with van der Waals surface area (Å²) < 4.78 is 25.6. The van der Waals surface area contributed by atoms with Gasteiger partial charge in [-0.05, 0) is 45.8 Å². The highest BCUT2D eigenvalue weighted by Gasteiger charge is 2.09. The standard InChI is InChI=1S/C13H11BrFNOS/c14-10-7-9(5-6-11(10)15)8-18(17)13-4-2-1-3-12(13)16/h1-7H,8,16H2. The molecule has 94 valence electrons. The fourth-order valence-electron chi connectivity index (χ4n) is 1.55. The molecule has 1 atom stereocenters. The minimum absolute atomic E-state index is 0.313. The number of benzene rings is 2. The van der Waals surface area contributed by atoms with E-state index in [1.54, 1.807) is 36.4 Å². The van der Waals surface area contributed by atoms with Crippen LogP contribution < -0.4 is 5.73 Å². The normalized spacial score (nSPS) is 12.3. The van der Waals surface area contributed by atoms with E-state index >= 15 is 0 Å². The molecule has 0 radical (unpaired) electrons. The van der Waals surface area contributed by atoms with E-state index < -0.39 is 10.8 Å². The molecule has 5 heteroatoms. The van der Waals surface area contributed by atoms with Crippen LogP contribution in [0.15, 0.2) is 51.8 Å². The molecule has 0 fully saturated rings. The first kappa shape index (κ1) is 13.2. The molecule has 2 rings (SSSR count). The van der Waals surface area contributed by atoms with Gasteiger partial charge in [-0.2, -0.15) is 0 Å². The molecule has 0 aromatic heterocycles. The summed E-state index contributed by atoms with van der Waals surface area (Å²) >= 11 is 3.11. The predicted molar refractivity (Wildman–Crippen MR) is 75.1 cm³/mol. The van der Waals surface area contributed by atoms with Crippen LogP contribution in [0, 0.1) is 5.82 Å². The Balaban J connectivity index is 2.22. The number of rotatable bonds is 3. The van der Waals surface area contributed by atoms with Crippen molar-refractivity contribution in [1.29, 1.82) is 0 Å². The van der Waals surface area contributed by atoms with Gasteiger partial charge in [0.2, 0.25) is 0 Å². The van der Waals surface area contributed by atoms with Crippen LogP contribution in [0.2, 0.25) is 0 Å². The Bertz CT molecular complexity index is 603. The van der Waals surface area contributed by atoms with Crippen molar-refractivity contribution in [3.05, 3.63) is 58.3 Å². The molecule has 2 N–H and O–H groups in total. The van der Waals surface area contributed by atoms with Gasteiger partial charge in [0.15, 0.2) is 0 Å². The summed E-state index contributed by atoms with van der Waals surface area (Å²) in [6.45, 7) is 0. The minimum atomic E-state index is -1.23. The number of nitrogens with two attached hydrogens (primary N) is 1. The Labute approximate surface area is 116 Å². The molecular weight excluding hydrogens is 317 g/mol. The van der Waals surface area contributed by atoms with Crippen LogP contribution in [0.1, 0.15) is 5.56 Å². The van der Waals surface area contributed by atoms with Gasteiger partial charge in [-0.25, -0.2) is 4.39 Å². The summed E-state index contributed by atoms with van der Waals surface area (Å²) in [5.41, 5.74) is 7.07. The molecule has 0 aliphatic heterocycles. The van der Waals surface area contributed by atoms with E-state index in [0.717, 1.165) is 5.56 Å². The number of anilines is 1. The van der Waals surface area contributed by atoms with Gasteiger partial charge in [-0.1, -0.05) is 18.2 Å². The lowest BCUT2D eigenvalue weighted by Gasteiger charge is -2.06. The average molecular weight is 328 g/mol. The average Bonchev–Trinajstić information content (AvgIpc) is 2.34. The second kappa shape index (κ2) is 5.63. The molecule has 2 aromatic rings. The zero-order valence-corrected chi connectivity index (χ0v) is 11.8. The lowest BCUT2D eigenvalue weighted by atomic mass is 10.2. The first-order valence-electron chi connectivity index (χ1n) is 5.25. The van der Waals surface area contributed by atoms with Crippen molar-refractivity contribution in [2.24, 2.45) is 0 Å². The SMILES string of the molecule is Nc1ccccc1S(=O)Cc1ccc(F)c(Br)c1. The van der Waals surface area contributed by atoms with Gasteiger partial charge in [-0.15, -0.1) is 0 Å². The summed E-state index contributed by atoms with van der Waals surface area (Å²) in [6.07, 6.45) is 0. The second-order valence-electron chi connectivity index (χ2n) is 3.78. The highest BCUT2D eigenvalue weighted by Crippen LogP contribution is 2.21. The number of hydrogen-bond acceptors (Lipinski definition) is 2. The molecule has 0 heterocycles. The van der Waals surface area contributed by atoms with Crippen molar-refractivity contribution in [2.75, 3.05) is 5.73 Å². The predicted octanol–water partition coefficient (Wildman–Crippen LogP) is 3.48. The zero-order chi connectivity index (χ0) is 13.1. The van der Waals surface area contributed by atoms with E-state index in [2.05, 4.69) is 15.9 Å². The van der Waals surface area contributed by atoms with E-state index in [-0.39, 0.29) is 5.82 Å². The van der Waals surface area contributed by atoms with Crippen LogP contribution in [-0.4, -0.2) is 4.21 Å². The van der Waals surface area contributed by atoms with Gasteiger partial charge >= 0.3 is 0 Å². The fourth-order valence-corrected chi connectivity index (χ4v) is 3.17. The third-order valence-corrected chi connectivity index (χ3v) is 4.51. The number of para-hydroxylation sites is 1. The zero-order valence-electron chi connectivity index (χ0n) is 9.40. The van der Waals surface area contributed by atoms with Crippen molar-refractivity contribution >= 4 is 32.4 Å². The molecule has 0 saturated carbocycles. The topological polar surface area (TPSA) is 43.1 Å². The molecule has 0 amide bonds. The summed E-state index contributed by atoms with van der Waals surface area (Å²) in [4.78, 5) is 0.609. The smallest absolute Gasteiger partial charge is 0.137 e. The number of halogens is 2. The van der Waals surface area contributed by atoms with Crippen LogP contribution >= 0.6 is 15.9 Å². The van der Waals surface area contributed by atoms with E-state index in [1.807, 2.05) is 0 Å². The molecule has 0 bridgehead atoms. The maximum absolute atomic E-state index is 13.1. The summed E-state index contributed by atoms with van der Waals surface area (Å²) in [6, 6.07) is 11.7. The van der Waals surface area contributed by atoms with Gasteiger partial charge in [0.1, 0.15) is 5.82 Å². The van der Waals surface area contributed by atoms with Crippen LogP contribution in [0.5, 0.6) is 0 Å². The molecule has 2 nitrogen and oxygen atoms in total. The number of hydrogen-bond donors (Lipinski definition) is 1. The highest BCUT2D eigenvalue weighted by atomic mass is 79.9. The third kappa shape index (κ3) is 2.97. The Kier molecular flexibility index (Phi) is 4.14. The molecule has 0 spiro atoms. The highest BCUT2D eigenvalue weighted by molar-refractivity contribution is 9.10. The van der Waals surface area contributed by atoms with E-state index in [9.17, 15) is 8.60 Å². The summed E-state index contributed by atoms with van der Waals surface area (Å²) in [5.74, 6) is -0.0173. The summed E-state index contributed by atoms with van der Waals surface area (Å²) in [5, 5.41) is 0. The first-order chi connectivity index (χ1) is 8.58. The van der Waals surface area contributed by atoms with Gasteiger partial charge in [0, 0.05) is 5.69 Å². The van der Waals surface area contributed by atoms with Crippen molar-refractivity contribution in [1.82, 2.24) is 0 Å². The molecule has 0 aliphatic rings. The number of nitrogen functional groups attached to an aromatic ring is 1. The Hall–Kier alpha value is -1.20. The lowest BCUT2D eigenvalue weighted by molar-refractivity contribution is 0.620.